The smallest absolute Gasteiger partial charge is 0.244 e. The zero-order valence-corrected chi connectivity index (χ0v) is 26.6. The fourth-order valence-corrected chi connectivity index (χ4v) is 5.99. The highest BCUT2D eigenvalue weighted by atomic mass is 35.5. The average molecular weight is 649 g/mol. The van der Waals surface area contributed by atoms with Gasteiger partial charge in [-0.05, 0) is 35.7 Å². The lowest BCUT2D eigenvalue weighted by atomic mass is 10.0. The number of amides is 2. The molecule has 230 valence electrons. The van der Waals surface area contributed by atoms with E-state index in [1.54, 1.807) is 30.3 Å². The summed E-state index contributed by atoms with van der Waals surface area (Å²) in [6.07, 6.45) is 1.20. The Bertz CT molecular complexity index is 1530. The van der Waals surface area contributed by atoms with Crippen LogP contribution in [0.2, 0.25) is 10.0 Å². The van der Waals surface area contributed by atoms with Gasteiger partial charge in [-0.25, -0.2) is 8.42 Å². The maximum atomic E-state index is 14.3. The second kappa shape index (κ2) is 14.3. The molecular weight excluding hydrogens is 613 g/mol. The van der Waals surface area contributed by atoms with Crippen LogP contribution in [0.1, 0.15) is 25.0 Å². The van der Waals surface area contributed by atoms with E-state index in [1.807, 2.05) is 44.2 Å². The SMILES string of the molecule is CC(C)CNC(=O)[C@@H](Cc1ccccc1)N(Cc1c(Cl)cccc1Cl)C(=O)CN(c1ccc2c(c1)OCCO2)S(C)(=O)=O. The topological polar surface area (TPSA) is 105 Å². The van der Waals surface area contributed by atoms with Crippen LogP contribution in [0, 0.1) is 5.92 Å². The first-order chi connectivity index (χ1) is 20.4. The fraction of sp³-hybridized carbons (Fsp3) is 0.355. The standard InChI is InChI=1S/C31H35Cl2N3O6S/c1-21(2)18-34-31(38)27(16-22-8-5-4-6-9-22)35(19-24-25(32)10-7-11-26(24)33)30(37)20-36(43(3,39)40)23-12-13-28-29(17-23)42-15-14-41-28/h4-13,17,21,27H,14-16,18-20H2,1-3H3,(H,34,38)/t27-/m1/s1. The molecule has 1 aliphatic rings. The van der Waals surface area contributed by atoms with Crippen LogP contribution in [-0.4, -0.2) is 63.7 Å². The minimum absolute atomic E-state index is 0.122. The fourth-order valence-electron chi connectivity index (χ4n) is 4.63. The number of rotatable bonds is 12. The molecule has 0 fully saturated rings. The Morgan fingerprint density at radius 1 is 0.930 bits per heavy atom. The van der Waals surface area contributed by atoms with E-state index in [1.165, 1.54) is 11.0 Å². The van der Waals surface area contributed by atoms with Crippen molar-refractivity contribution < 1.29 is 27.5 Å². The Labute approximate surface area is 262 Å². The van der Waals surface area contributed by atoms with Crippen molar-refractivity contribution in [2.45, 2.75) is 32.9 Å². The summed E-state index contributed by atoms with van der Waals surface area (Å²) in [4.78, 5) is 29.4. The van der Waals surface area contributed by atoms with E-state index in [0.29, 0.717) is 46.9 Å². The number of nitrogens with one attached hydrogen (secondary N) is 1. The molecule has 0 saturated carbocycles. The van der Waals surface area contributed by atoms with Crippen LogP contribution in [0.15, 0.2) is 66.7 Å². The van der Waals surface area contributed by atoms with Crippen LogP contribution in [-0.2, 0) is 32.6 Å². The number of hydrogen-bond donors (Lipinski definition) is 1. The molecular formula is C31H35Cl2N3O6S. The number of halogens is 2. The minimum atomic E-state index is -3.95. The molecule has 0 bridgehead atoms. The van der Waals surface area contributed by atoms with E-state index in [-0.39, 0.29) is 30.5 Å². The molecule has 3 aromatic rings. The number of hydrogen-bond acceptors (Lipinski definition) is 6. The number of carbonyl (C=O) groups is 2. The van der Waals surface area contributed by atoms with Crippen molar-refractivity contribution in [3.8, 4) is 11.5 Å². The summed E-state index contributed by atoms with van der Waals surface area (Å²) in [6.45, 7) is 4.32. The molecule has 0 aromatic heterocycles. The molecule has 9 nitrogen and oxygen atoms in total. The lowest BCUT2D eigenvalue weighted by Gasteiger charge is -2.34. The van der Waals surface area contributed by atoms with E-state index in [2.05, 4.69) is 5.32 Å². The zero-order valence-electron chi connectivity index (χ0n) is 24.3. The van der Waals surface area contributed by atoms with Gasteiger partial charge >= 0.3 is 0 Å². The number of anilines is 1. The predicted molar refractivity (Wildman–Crippen MR) is 168 cm³/mol. The summed E-state index contributed by atoms with van der Waals surface area (Å²) in [7, 11) is -3.95. The van der Waals surface area contributed by atoms with E-state index in [0.717, 1.165) is 16.1 Å². The first-order valence-electron chi connectivity index (χ1n) is 13.9. The van der Waals surface area contributed by atoms with Crippen LogP contribution in [0.25, 0.3) is 0 Å². The van der Waals surface area contributed by atoms with Gasteiger partial charge in [0.1, 0.15) is 25.8 Å². The Morgan fingerprint density at radius 3 is 2.21 bits per heavy atom. The van der Waals surface area contributed by atoms with Gasteiger partial charge in [0.05, 0.1) is 11.9 Å². The largest absolute Gasteiger partial charge is 0.486 e. The summed E-state index contributed by atoms with van der Waals surface area (Å²) in [6, 6.07) is 18.0. The van der Waals surface area contributed by atoms with Crippen molar-refractivity contribution in [3.63, 3.8) is 0 Å². The predicted octanol–water partition coefficient (Wildman–Crippen LogP) is 4.94. The van der Waals surface area contributed by atoms with Gasteiger partial charge < -0.3 is 19.7 Å². The van der Waals surface area contributed by atoms with Crippen LogP contribution < -0.4 is 19.1 Å². The molecule has 1 heterocycles. The van der Waals surface area contributed by atoms with E-state index >= 15 is 0 Å². The Morgan fingerprint density at radius 2 is 1.58 bits per heavy atom. The number of carbonyl (C=O) groups excluding carboxylic acids is 2. The van der Waals surface area contributed by atoms with Gasteiger partial charge in [0, 0.05) is 41.2 Å². The van der Waals surface area contributed by atoms with Gasteiger partial charge in [-0.15, -0.1) is 0 Å². The van der Waals surface area contributed by atoms with E-state index < -0.39 is 28.5 Å². The molecule has 12 heteroatoms. The zero-order chi connectivity index (χ0) is 31.1. The van der Waals surface area contributed by atoms with Gasteiger partial charge in [-0.3, -0.25) is 13.9 Å². The van der Waals surface area contributed by atoms with Crippen LogP contribution >= 0.6 is 23.2 Å². The van der Waals surface area contributed by atoms with E-state index in [4.69, 9.17) is 32.7 Å². The van der Waals surface area contributed by atoms with Crippen molar-refractivity contribution in [2.24, 2.45) is 5.92 Å². The second-order valence-corrected chi connectivity index (χ2v) is 13.4. The third-order valence-corrected chi connectivity index (χ3v) is 8.69. The summed E-state index contributed by atoms with van der Waals surface area (Å²) >= 11 is 13.0. The first-order valence-corrected chi connectivity index (χ1v) is 16.5. The minimum Gasteiger partial charge on any atom is -0.486 e. The van der Waals surface area contributed by atoms with Gasteiger partial charge in [0.15, 0.2) is 11.5 Å². The average Bonchev–Trinajstić information content (AvgIpc) is 2.97. The van der Waals surface area contributed by atoms with Crippen molar-refractivity contribution in [1.82, 2.24) is 10.2 Å². The third kappa shape index (κ3) is 8.55. The second-order valence-electron chi connectivity index (χ2n) is 10.7. The van der Waals surface area contributed by atoms with Crippen molar-refractivity contribution in [3.05, 3.63) is 87.9 Å². The Kier molecular flexibility index (Phi) is 10.8. The molecule has 3 aromatic carbocycles. The van der Waals surface area contributed by atoms with Crippen LogP contribution in [0.4, 0.5) is 5.69 Å². The summed E-state index contributed by atoms with van der Waals surface area (Å²) in [5.41, 5.74) is 1.49. The van der Waals surface area contributed by atoms with Gasteiger partial charge in [-0.1, -0.05) is 73.4 Å². The highest BCUT2D eigenvalue weighted by Crippen LogP contribution is 2.35. The Hall–Kier alpha value is -3.47. The monoisotopic (exact) mass is 647 g/mol. The van der Waals surface area contributed by atoms with Gasteiger partial charge in [-0.2, -0.15) is 0 Å². The highest BCUT2D eigenvalue weighted by Gasteiger charge is 2.34. The quantitative estimate of drug-likeness (QED) is 0.298. The van der Waals surface area contributed by atoms with Gasteiger partial charge in [0.25, 0.3) is 0 Å². The lowest BCUT2D eigenvalue weighted by Crippen LogP contribution is -2.53. The highest BCUT2D eigenvalue weighted by molar-refractivity contribution is 7.92. The summed E-state index contributed by atoms with van der Waals surface area (Å²) in [5, 5.41) is 3.58. The molecule has 1 aliphatic heterocycles. The molecule has 0 unspecified atom stereocenters. The molecule has 0 radical (unpaired) electrons. The molecule has 4 rings (SSSR count). The molecule has 0 spiro atoms. The van der Waals surface area contributed by atoms with Crippen LogP contribution in [0.3, 0.4) is 0 Å². The molecule has 1 N–H and O–H groups in total. The van der Waals surface area contributed by atoms with E-state index in [9.17, 15) is 18.0 Å². The summed E-state index contributed by atoms with van der Waals surface area (Å²) in [5.74, 6) is 0.0322. The summed E-state index contributed by atoms with van der Waals surface area (Å²) < 4.78 is 38.3. The van der Waals surface area contributed by atoms with Gasteiger partial charge in [0.2, 0.25) is 21.8 Å². The maximum absolute atomic E-state index is 14.3. The van der Waals surface area contributed by atoms with Crippen molar-refractivity contribution >= 4 is 50.7 Å². The van der Waals surface area contributed by atoms with Crippen LogP contribution in [0.5, 0.6) is 11.5 Å². The number of fused-ring (bicyclic) bond motifs is 1. The Balaban J connectivity index is 1.76. The molecule has 0 saturated heterocycles. The number of ether oxygens (including phenoxy) is 2. The molecule has 2 amide bonds. The lowest BCUT2D eigenvalue weighted by molar-refractivity contribution is -0.140. The van der Waals surface area contributed by atoms with Crippen molar-refractivity contribution in [2.75, 3.05) is 36.9 Å². The molecule has 43 heavy (non-hydrogen) atoms. The molecule has 0 aliphatic carbocycles. The number of sulfonamides is 1. The maximum Gasteiger partial charge on any atom is 0.244 e. The van der Waals surface area contributed by atoms with Crippen molar-refractivity contribution in [1.29, 1.82) is 0 Å². The molecule has 1 atom stereocenters. The number of benzene rings is 3. The normalized spacial score (nSPS) is 13.3. The first kappa shape index (κ1) is 32.4. The number of nitrogens with zero attached hydrogens (tertiary/aromatic N) is 2. The third-order valence-electron chi connectivity index (χ3n) is 6.84.